The molecule has 0 bridgehead atoms. The Balaban J connectivity index is 1.86. The van der Waals surface area contributed by atoms with E-state index < -0.39 is 5.97 Å². The summed E-state index contributed by atoms with van der Waals surface area (Å²) in [6.45, 7) is 5.92. The van der Waals surface area contributed by atoms with Crippen molar-refractivity contribution >= 4 is 11.9 Å². The fourth-order valence-electron chi connectivity index (χ4n) is 2.71. The van der Waals surface area contributed by atoms with Gasteiger partial charge in [0, 0.05) is 19.2 Å². The second-order valence-electron chi connectivity index (χ2n) is 6.21. The van der Waals surface area contributed by atoms with Crippen LogP contribution in [0.2, 0.25) is 0 Å². The van der Waals surface area contributed by atoms with Crippen LogP contribution in [0.5, 0.6) is 0 Å². The lowest BCUT2D eigenvalue weighted by atomic mass is 9.89. The Morgan fingerprint density at radius 1 is 1.38 bits per heavy atom. The van der Waals surface area contributed by atoms with Crippen LogP contribution in [0.1, 0.15) is 60.4 Å². The van der Waals surface area contributed by atoms with Gasteiger partial charge in [-0.25, -0.2) is 4.79 Å². The van der Waals surface area contributed by atoms with E-state index in [1.54, 1.807) is 4.90 Å². The fraction of sp³-hybridized carbons (Fsp3) is 0.625. The van der Waals surface area contributed by atoms with Gasteiger partial charge in [0.05, 0.1) is 5.56 Å². The maximum absolute atomic E-state index is 12.2. The number of furan rings is 1. The molecular formula is C16H23NO4. The van der Waals surface area contributed by atoms with Gasteiger partial charge in [-0.1, -0.05) is 26.7 Å². The predicted octanol–water partition coefficient (Wildman–Crippen LogP) is 3.27. The average Bonchev–Trinajstić information content (AvgIpc) is 2.95. The van der Waals surface area contributed by atoms with Crippen molar-refractivity contribution in [3.63, 3.8) is 0 Å². The van der Waals surface area contributed by atoms with E-state index in [0.29, 0.717) is 5.92 Å². The molecule has 0 saturated carbocycles. The molecule has 0 atom stereocenters. The highest BCUT2D eigenvalue weighted by Crippen LogP contribution is 2.25. The number of piperidine rings is 1. The van der Waals surface area contributed by atoms with Gasteiger partial charge in [-0.05, 0) is 24.7 Å². The number of nitrogens with zero attached hydrogens (tertiary/aromatic N) is 1. The molecule has 1 amide bonds. The third-order valence-electron chi connectivity index (χ3n) is 4.11. The maximum atomic E-state index is 12.2. The monoisotopic (exact) mass is 293 g/mol. The minimum absolute atomic E-state index is 0.0187. The van der Waals surface area contributed by atoms with Crippen molar-refractivity contribution in [2.75, 3.05) is 13.1 Å². The van der Waals surface area contributed by atoms with E-state index in [9.17, 15) is 9.59 Å². The third kappa shape index (κ3) is 4.09. The summed E-state index contributed by atoms with van der Waals surface area (Å²) in [5.74, 6) is 0.257. The molecule has 1 aliphatic heterocycles. The van der Waals surface area contributed by atoms with Gasteiger partial charge >= 0.3 is 5.97 Å². The highest BCUT2D eigenvalue weighted by Gasteiger charge is 2.26. The Morgan fingerprint density at radius 2 is 2.05 bits per heavy atom. The molecule has 1 aromatic heterocycles. The van der Waals surface area contributed by atoms with Crippen LogP contribution >= 0.6 is 0 Å². The van der Waals surface area contributed by atoms with Gasteiger partial charge in [0.25, 0.3) is 5.91 Å². The van der Waals surface area contributed by atoms with Gasteiger partial charge in [0.1, 0.15) is 6.26 Å². The maximum Gasteiger partial charge on any atom is 0.338 e. The van der Waals surface area contributed by atoms with E-state index in [0.717, 1.165) is 38.1 Å². The summed E-state index contributed by atoms with van der Waals surface area (Å²) in [5, 5.41) is 8.84. The molecular weight excluding hydrogens is 270 g/mol. The average molecular weight is 293 g/mol. The number of carbonyl (C=O) groups excluding carboxylic acids is 1. The quantitative estimate of drug-likeness (QED) is 0.904. The van der Waals surface area contributed by atoms with Gasteiger partial charge in [-0.3, -0.25) is 4.79 Å². The van der Waals surface area contributed by atoms with Gasteiger partial charge in [0.2, 0.25) is 0 Å². The number of hydrogen-bond donors (Lipinski definition) is 1. The Bertz CT molecular complexity index is 498. The molecule has 1 fully saturated rings. The number of carbonyl (C=O) groups is 2. The molecule has 0 spiro atoms. The topological polar surface area (TPSA) is 70.8 Å². The number of carboxylic acid groups (broad SMARTS) is 1. The fourth-order valence-corrected chi connectivity index (χ4v) is 2.71. The molecule has 1 aromatic rings. The Hall–Kier alpha value is -1.78. The largest absolute Gasteiger partial charge is 0.478 e. The van der Waals surface area contributed by atoms with Crippen molar-refractivity contribution in [3.8, 4) is 0 Å². The van der Waals surface area contributed by atoms with E-state index in [1.165, 1.54) is 18.9 Å². The van der Waals surface area contributed by atoms with Crippen LogP contribution in [0.15, 0.2) is 16.7 Å². The lowest BCUT2D eigenvalue weighted by Gasteiger charge is -2.31. The number of rotatable bonds is 5. The van der Waals surface area contributed by atoms with Crippen molar-refractivity contribution in [2.24, 2.45) is 11.8 Å². The van der Waals surface area contributed by atoms with Crippen molar-refractivity contribution in [2.45, 2.75) is 39.5 Å². The molecule has 0 aliphatic carbocycles. The highest BCUT2D eigenvalue weighted by atomic mass is 16.4. The van der Waals surface area contributed by atoms with Gasteiger partial charge in [-0.15, -0.1) is 0 Å². The standard InChI is InChI=1S/C16H23NO4/c1-11(2)3-4-12-5-7-17(8-6-12)15(18)14-9-13(10-21-14)16(19)20/h9-12H,3-8H2,1-2H3,(H,19,20). The molecule has 0 aromatic carbocycles. The zero-order valence-electron chi connectivity index (χ0n) is 12.7. The number of likely N-dealkylation sites (tertiary alicyclic amines) is 1. The van der Waals surface area contributed by atoms with Crippen LogP contribution in [0, 0.1) is 11.8 Å². The van der Waals surface area contributed by atoms with Crippen LogP contribution in [-0.2, 0) is 0 Å². The lowest BCUT2D eigenvalue weighted by Crippen LogP contribution is -2.38. The van der Waals surface area contributed by atoms with E-state index in [2.05, 4.69) is 13.8 Å². The zero-order valence-corrected chi connectivity index (χ0v) is 12.7. The van der Waals surface area contributed by atoms with E-state index >= 15 is 0 Å². The van der Waals surface area contributed by atoms with E-state index in [4.69, 9.17) is 9.52 Å². The van der Waals surface area contributed by atoms with Crippen molar-refractivity contribution in [1.82, 2.24) is 4.90 Å². The molecule has 2 rings (SSSR count). The lowest BCUT2D eigenvalue weighted by molar-refractivity contribution is 0.0650. The van der Waals surface area contributed by atoms with Gasteiger partial charge in [-0.2, -0.15) is 0 Å². The molecule has 5 heteroatoms. The molecule has 21 heavy (non-hydrogen) atoms. The Labute approximate surface area is 124 Å². The van der Waals surface area contributed by atoms with Crippen LogP contribution in [-0.4, -0.2) is 35.0 Å². The van der Waals surface area contributed by atoms with Crippen molar-refractivity contribution < 1.29 is 19.1 Å². The highest BCUT2D eigenvalue weighted by molar-refractivity contribution is 5.95. The Kier molecular flexibility index (Phi) is 5.04. The molecule has 1 saturated heterocycles. The van der Waals surface area contributed by atoms with Gasteiger partial charge in [0.15, 0.2) is 5.76 Å². The predicted molar refractivity (Wildman–Crippen MR) is 78.4 cm³/mol. The summed E-state index contributed by atoms with van der Waals surface area (Å²) in [5.41, 5.74) is 0.0187. The summed E-state index contributed by atoms with van der Waals surface area (Å²) < 4.78 is 5.07. The summed E-state index contributed by atoms with van der Waals surface area (Å²) in [6.07, 6.45) is 5.61. The number of hydrogen-bond acceptors (Lipinski definition) is 3. The number of amides is 1. The minimum atomic E-state index is -1.08. The Morgan fingerprint density at radius 3 is 2.57 bits per heavy atom. The first-order valence-corrected chi connectivity index (χ1v) is 7.58. The SMILES string of the molecule is CC(C)CCC1CCN(C(=O)c2cc(C(=O)O)co2)CC1. The molecule has 0 unspecified atom stereocenters. The smallest absolute Gasteiger partial charge is 0.338 e. The summed E-state index contributed by atoms with van der Waals surface area (Å²) in [7, 11) is 0. The van der Waals surface area contributed by atoms with Crippen LogP contribution in [0.4, 0.5) is 0 Å². The zero-order chi connectivity index (χ0) is 15.4. The summed E-state index contributed by atoms with van der Waals surface area (Å²) in [4.78, 5) is 24.8. The number of aromatic carboxylic acids is 1. The number of carboxylic acids is 1. The summed E-state index contributed by atoms with van der Waals surface area (Å²) >= 11 is 0. The second kappa shape index (κ2) is 6.78. The van der Waals surface area contributed by atoms with Crippen LogP contribution in [0.3, 0.4) is 0 Å². The first-order valence-electron chi connectivity index (χ1n) is 7.58. The van der Waals surface area contributed by atoms with Crippen LogP contribution in [0.25, 0.3) is 0 Å². The van der Waals surface area contributed by atoms with E-state index in [-0.39, 0.29) is 17.2 Å². The molecule has 1 N–H and O–H groups in total. The molecule has 2 heterocycles. The van der Waals surface area contributed by atoms with Gasteiger partial charge < -0.3 is 14.4 Å². The van der Waals surface area contributed by atoms with E-state index in [1.807, 2.05) is 0 Å². The van der Waals surface area contributed by atoms with Crippen molar-refractivity contribution in [3.05, 3.63) is 23.7 Å². The third-order valence-corrected chi connectivity index (χ3v) is 4.11. The molecule has 5 nitrogen and oxygen atoms in total. The first-order chi connectivity index (χ1) is 9.97. The van der Waals surface area contributed by atoms with Crippen molar-refractivity contribution in [1.29, 1.82) is 0 Å². The second-order valence-corrected chi connectivity index (χ2v) is 6.21. The minimum Gasteiger partial charge on any atom is -0.478 e. The first kappa shape index (κ1) is 15.6. The van der Waals surface area contributed by atoms with Crippen LogP contribution < -0.4 is 0 Å². The normalized spacial score (nSPS) is 16.4. The molecule has 1 aliphatic rings. The molecule has 0 radical (unpaired) electrons. The summed E-state index contributed by atoms with van der Waals surface area (Å²) in [6, 6.07) is 1.30. The molecule has 116 valence electrons.